The number of methoxy groups -OCH3 is 2. The quantitative estimate of drug-likeness (QED) is 0.301. The molecule has 1 amide bonds. The highest BCUT2D eigenvalue weighted by molar-refractivity contribution is 5.96. The van der Waals surface area contributed by atoms with Crippen molar-refractivity contribution in [2.45, 2.75) is 19.9 Å². The number of nitrogens with zero attached hydrogens (tertiary/aromatic N) is 4. The lowest BCUT2D eigenvalue weighted by molar-refractivity contribution is 0.0951. The van der Waals surface area contributed by atoms with Crippen LogP contribution in [0.2, 0.25) is 0 Å². The topological polar surface area (TPSA) is 124 Å². The number of ether oxygens (including phenoxy) is 2. The molecule has 10 nitrogen and oxygen atoms in total. The Morgan fingerprint density at radius 3 is 2.51 bits per heavy atom. The average molecular weight is 525 g/mol. The largest absolute Gasteiger partial charge is 0.493 e. The maximum absolute atomic E-state index is 13.5. The molecule has 0 fully saturated rings. The summed E-state index contributed by atoms with van der Waals surface area (Å²) in [7, 11) is 3.15. The van der Waals surface area contributed by atoms with E-state index in [1.54, 1.807) is 43.4 Å². The van der Waals surface area contributed by atoms with Gasteiger partial charge in [0.25, 0.3) is 11.5 Å². The number of aryl methyl sites for hydroxylation is 1. The maximum Gasteiger partial charge on any atom is 0.267 e. The Bertz CT molecular complexity index is 1810. The van der Waals surface area contributed by atoms with Gasteiger partial charge in [0.05, 0.1) is 31.7 Å². The molecule has 39 heavy (non-hydrogen) atoms. The second kappa shape index (κ2) is 10.8. The summed E-state index contributed by atoms with van der Waals surface area (Å²) >= 11 is 0. The first-order valence-corrected chi connectivity index (χ1v) is 12.4. The van der Waals surface area contributed by atoms with Crippen molar-refractivity contribution >= 4 is 22.6 Å². The molecule has 0 saturated heterocycles. The van der Waals surface area contributed by atoms with Crippen molar-refractivity contribution in [1.29, 1.82) is 5.41 Å². The number of benzene rings is 1. The summed E-state index contributed by atoms with van der Waals surface area (Å²) in [4.78, 5) is 35.7. The first-order chi connectivity index (χ1) is 18.9. The van der Waals surface area contributed by atoms with Crippen molar-refractivity contribution in [2.24, 2.45) is 0 Å². The van der Waals surface area contributed by atoms with E-state index in [4.69, 9.17) is 19.9 Å². The molecule has 0 aliphatic rings. The summed E-state index contributed by atoms with van der Waals surface area (Å²) in [5.41, 5.74) is 3.25. The van der Waals surface area contributed by atoms with Crippen molar-refractivity contribution in [3.8, 4) is 11.5 Å². The van der Waals surface area contributed by atoms with Gasteiger partial charge in [-0.15, -0.1) is 0 Å². The fourth-order valence-electron chi connectivity index (χ4n) is 4.55. The van der Waals surface area contributed by atoms with Crippen LogP contribution in [0.3, 0.4) is 0 Å². The third-order valence-electron chi connectivity index (χ3n) is 6.62. The number of pyridine rings is 3. The summed E-state index contributed by atoms with van der Waals surface area (Å²) in [5.74, 6) is 0.790. The number of hydrogen-bond donors (Lipinski definition) is 2. The van der Waals surface area contributed by atoms with E-state index in [9.17, 15) is 9.59 Å². The Labute approximate surface area is 224 Å². The molecular weight excluding hydrogens is 496 g/mol. The van der Waals surface area contributed by atoms with E-state index in [1.807, 2.05) is 43.3 Å². The molecule has 10 heteroatoms. The van der Waals surface area contributed by atoms with Gasteiger partial charge >= 0.3 is 0 Å². The third-order valence-corrected chi connectivity index (χ3v) is 6.62. The van der Waals surface area contributed by atoms with E-state index in [2.05, 4.69) is 10.3 Å². The van der Waals surface area contributed by atoms with E-state index in [0.29, 0.717) is 35.8 Å². The molecule has 0 bridgehead atoms. The van der Waals surface area contributed by atoms with Crippen molar-refractivity contribution in [3.63, 3.8) is 0 Å². The molecule has 0 aliphatic carbocycles. The summed E-state index contributed by atoms with van der Waals surface area (Å²) in [6.45, 7) is 2.45. The van der Waals surface area contributed by atoms with Gasteiger partial charge in [-0.1, -0.05) is 12.1 Å². The second-order valence-electron chi connectivity index (χ2n) is 9.08. The number of carbonyl (C=O) groups excluding carboxylic acids is 1. The molecule has 0 aliphatic heterocycles. The molecular formula is C29H28N6O4. The van der Waals surface area contributed by atoms with Crippen LogP contribution >= 0.6 is 0 Å². The molecule has 198 valence electrons. The second-order valence-corrected chi connectivity index (χ2v) is 9.08. The van der Waals surface area contributed by atoms with Crippen LogP contribution in [0.15, 0.2) is 71.9 Å². The Morgan fingerprint density at radius 2 is 1.77 bits per heavy atom. The number of amides is 1. The van der Waals surface area contributed by atoms with Crippen LogP contribution in [0.5, 0.6) is 11.5 Å². The Morgan fingerprint density at radius 1 is 1.00 bits per heavy atom. The number of nitrogens with one attached hydrogen (secondary N) is 2. The predicted octanol–water partition coefficient (Wildman–Crippen LogP) is 2.87. The molecule has 0 unspecified atom stereocenters. The molecule has 0 radical (unpaired) electrons. The fourth-order valence-corrected chi connectivity index (χ4v) is 4.55. The lowest BCUT2D eigenvalue weighted by Crippen LogP contribution is -2.36. The molecule has 4 aromatic heterocycles. The smallest absolute Gasteiger partial charge is 0.267 e. The van der Waals surface area contributed by atoms with E-state index in [1.165, 1.54) is 10.5 Å². The fraction of sp³-hybridized carbons (Fsp3) is 0.207. The van der Waals surface area contributed by atoms with Crippen LogP contribution < -0.4 is 25.8 Å². The number of fused-ring (bicyclic) bond motifs is 2. The lowest BCUT2D eigenvalue weighted by Gasteiger charge is -2.15. The minimum absolute atomic E-state index is 0.0345. The van der Waals surface area contributed by atoms with Crippen LogP contribution in [0.1, 0.15) is 27.0 Å². The number of rotatable bonds is 8. The van der Waals surface area contributed by atoms with Crippen LogP contribution in [0, 0.1) is 12.3 Å². The first kappa shape index (κ1) is 25.7. The third kappa shape index (κ3) is 4.96. The molecule has 1 aromatic carbocycles. The van der Waals surface area contributed by atoms with Gasteiger partial charge in [-0.05, 0) is 66.4 Å². The van der Waals surface area contributed by atoms with Crippen LogP contribution in [-0.2, 0) is 13.0 Å². The van der Waals surface area contributed by atoms with E-state index in [-0.39, 0.29) is 28.5 Å². The number of aromatic nitrogens is 4. The molecule has 0 saturated carbocycles. The lowest BCUT2D eigenvalue weighted by atomic mass is 10.1. The van der Waals surface area contributed by atoms with Gasteiger partial charge < -0.3 is 19.4 Å². The van der Waals surface area contributed by atoms with Gasteiger partial charge in [-0.25, -0.2) is 4.98 Å². The van der Waals surface area contributed by atoms with E-state index >= 15 is 0 Å². The number of hydrogen-bond acceptors (Lipinski definition) is 7. The minimum Gasteiger partial charge on any atom is -0.493 e. The van der Waals surface area contributed by atoms with Crippen molar-refractivity contribution in [2.75, 3.05) is 20.8 Å². The van der Waals surface area contributed by atoms with Crippen molar-refractivity contribution in [1.82, 2.24) is 24.3 Å². The zero-order valence-electron chi connectivity index (χ0n) is 21.9. The molecule has 5 aromatic rings. The van der Waals surface area contributed by atoms with Gasteiger partial charge in [-0.2, -0.15) is 0 Å². The molecule has 0 atom stereocenters. The summed E-state index contributed by atoms with van der Waals surface area (Å²) < 4.78 is 13.7. The van der Waals surface area contributed by atoms with Crippen LogP contribution in [0.25, 0.3) is 16.7 Å². The monoisotopic (exact) mass is 524 g/mol. The SMILES string of the molecule is COc1ccc(CCNC(=O)c2cc3c(=O)n4cccc(C)c4nc3n(Cc3ccncc3)c2=N)cc1OC. The predicted molar refractivity (Wildman–Crippen MR) is 146 cm³/mol. The molecule has 5 rings (SSSR count). The molecule has 2 N–H and O–H groups in total. The van der Waals surface area contributed by atoms with Gasteiger partial charge in [0.1, 0.15) is 16.8 Å². The zero-order valence-corrected chi connectivity index (χ0v) is 21.9. The van der Waals surface area contributed by atoms with E-state index in [0.717, 1.165) is 16.7 Å². The highest BCUT2D eigenvalue weighted by Gasteiger charge is 2.18. The highest BCUT2D eigenvalue weighted by atomic mass is 16.5. The summed E-state index contributed by atoms with van der Waals surface area (Å²) in [6, 6.07) is 14.4. The summed E-state index contributed by atoms with van der Waals surface area (Å²) in [6.07, 6.45) is 5.52. The zero-order chi connectivity index (χ0) is 27.5. The van der Waals surface area contributed by atoms with E-state index < -0.39 is 5.91 Å². The molecule has 4 heterocycles. The number of carbonyl (C=O) groups is 1. The summed E-state index contributed by atoms with van der Waals surface area (Å²) in [5, 5.41) is 12.1. The Hall–Kier alpha value is -4.99. The van der Waals surface area contributed by atoms with Gasteiger partial charge in [0.15, 0.2) is 11.5 Å². The van der Waals surface area contributed by atoms with Gasteiger partial charge in [-0.3, -0.25) is 24.4 Å². The van der Waals surface area contributed by atoms with Gasteiger partial charge in [0, 0.05) is 25.1 Å². The Kier molecular flexibility index (Phi) is 7.09. The van der Waals surface area contributed by atoms with Crippen molar-refractivity contribution < 1.29 is 14.3 Å². The average Bonchev–Trinajstić information content (AvgIpc) is 2.95. The van der Waals surface area contributed by atoms with Crippen molar-refractivity contribution in [3.05, 3.63) is 105 Å². The van der Waals surface area contributed by atoms with Crippen LogP contribution in [-0.4, -0.2) is 45.6 Å². The normalized spacial score (nSPS) is 11.1. The standard InChI is InChI=1S/C29H28N6O4/c1-18-5-4-14-34-26(18)33-27-22(29(34)37)16-21(25(30)35(27)17-20-8-11-31-12-9-20)28(36)32-13-10-19-6-7-23(38-2)24(15-19)39-3/h4-9,11-12,14-16,30H,10,13,17H2,1-3H3,(H,32,36). The highest BCUT2D eigenvalue weighted by Crippen LogP contribution is 2.27. The maximum atomic E-state index is 13.5. The minimum atomic E-state index is -0.445. The van der Waals surface area contributed by atoms with Crippen LogP contribution in [0.4, 0.5) is 0 Å². The molecule has 0 spiro atoms. The van der Waals surface area contributed by atoms with Gasteiger partial charge in [0.2, 0.25) is 0 Å². The Balaban J connectivity index is 1.53. The first-order valence-electron chi connectivity index (χ1n) is 12.4.